The topological polar surface area (TPSA) is 17.3 Å². The highest BCUT2D eigenvalue weighted by molar-refractivity contribution is 9.10. The summed E-state index contributed by atoms with van der Waals surface area (Å²) < 4.78 is 3.18. The average molecular weight is 336 g/mol. The van der Waals surface area contributed by atoms with Gasteiger partial charge in [-0.1, -0.05) is 23.7 Å². The molecule has 0 fully saturated rings. The zero-order valence-electron chi connectivity index (χ0n) is 10.6. The first-order valence-electron chi connectivity index (χ1n) is 5.97. The maximum atomic E-state index is 5.95. The van der Waals surface area contributed by atoms with E-state index in [2.05, 4.69) is 44.5 Å². The summed E-state index contributed by atoms with van der Waals surface area (Å²) in [5.41, 5.74) is 5.38. The minimum absolute atomic E-state index is 0.743. The van der Waals surface area contributed by atoms with Crippen LogP contribution < -0.4 is 0 Å². The fourth-order valence-corrected chi connectivity index (χ4v) is 2.68. The molecule has 0 aliphatic rings. The first kappa shape index (κ1) is 12.7. The summed E-state index contributed by atoms with van der Waals surface area (Å²) in [6.45, 7) is 4.09. The van der Waals surface area contributed by atoms with Crippen molar-refractivity contribution in [2.24, 2.45) is 0 Å². The van der Waals surface area contributed by atoms with E-state index in [0.29, 0.717) is 0 Å². The molecule has 0 atom stereocenters. The molecule has 0 aliphatic carbocycles. The van der Waals surface area contributed by atoms with Crippen LogP contribution in [0, 0.1) is 13.8 Å². The van der Waals surface area contributed by atoms with Gasteiger partial charge in [-0.05, 0) is 53.5 Å². The maximum Gasteiger partial charge on any atom is 0.137 e. The second-order valence-electron chi connectivity index (χ2n) is 4.59. The van der Waals surface area contributed by atoms with Gasteiger partial charge in [0.15, 0.2) is 0 Å². The molecule has 4 heteroatoms. The van der Waals surface area contributed by atoms with Crippen molar-refractivity contribution in [3.8, 4) is 11.3 Å². The van der Waals surface area contributed by atoms with Gasteiger partial charge in [0.2, 0.25) is 0 Å². The molecular formula is C15H12BrClN2. The molecule has 0 spiro atoms. The molecule has 0 bridgehead atoms. The summed E-state index contributed by atoms with van der Waals surface area (Å²) in [5, 5.41) is 0.743. The number of imidazole rings is 1. The van der Waals surface area contributed by atoms with Gasteiger partial charge in [-0.3, -0.25) is 4.40 Å². The van der Waals surface area contributed by atoms with E-state index in [-0.39, 0.29) is 0 Å². The van der Waals surface area contributed by atoms with Gasteiger partial charge in [0, 0.05) is 21.3 Å². The Morgan fingerprint density at radius 2 is 1.84 bits per heavy atom. The summed E-state index contributed by atoms with van der Waals surface area (Å²) in [5.74, 6) is 0. The summed E-state index contributed by atoms with van der Waals surface area (Å²) in [7, 11) is 0. The minimum atomic E-state index is 0.743. The van der Waals surface area contributed by atoms with Gasteiger partial charge in [0.1, 0.15) is 5.65 Å². The second kappa shape index (κ2) is 4.66. The third-order valence-corrected chi connectivity index (χ3v) is 4.28. The number of hydrogen-bond acceptors (Lipinski definition) is 1. The molecule has 0 aliphatic heterocycles. The second-order valence-corrected chi connectivity index (χ2v) is 5.88. The van der Waals surface area contributed by atoms with Gasteiger partial charge in [0.25, 0.3) is 0 Å². The third kappa shape index (κ3) is 2.17. The molecule has 1 aromatic carbocycles. The third-order valence-electron chi connectivity index (χ3n) is 3.20. The van der Waals surface area contributed by atoms with Crippen LogP contribution in [0.25, 0.3) is 16.9 Å². The van der Waals surface area contributed by atoms with E-state index in [1.54, 1.807) is 0 Å². The van der Waals surface area contributed by atoms with Crippen LogP contribution in [0.2, 0.25) is 5.02 Å². The van der Waals surface area contributed by atoms with Crippen LogP contribution >= 0.6 is 27.5 Å². The standard InChI is InChI=1S/C15H12BrClN2/c1-9-7-14-18-10(2)15(19(14)8-13(9)16)11-3-5-12(17)6-4-11/h3-8H,1-2H3. The molecule has 0 saturated heterocycles. The van der Waals surface area contributed by atoms with E-state index < -0.39 is 0 Å². The molecule has 0 radical (unpaired) electrons. The highest BCUT2D eigenvalue weighted by Gasteiger charge is 2.12. The number of rotatable bonds is 1. The normalized spacial score (nSPS) is 11.2. The Balaban J connectivity index is 2.31. The van der Waals surface area contributed by atoms with Crippen LogP contribution in [-0.2, 0) is 0 Å². The van der Waals surface area contributed by atoms with Crippen LogP contribution in [0.4, 0.5) is 0 Å². The smallest absolute Gasteiger partial charge is 0.137 e. The van der Waals surface area contributed by atoms with E-state index in [0.717, 1.165) is 32.1 Å². The number of nitrogens with zero attached hydrogens (tertiary/aromatic N) is 2. The minimum Gasteiger partial charge on any atom is -0.298 e. The number of fused-ring (bicyclic) bond motifs is 1. The molecule has 2 nitrogen and oxygen atoms in total. The number of aromatic nitrogens is 2. The van der Waals surface area contributed by atoms with Crippen molar-refractivity contribution in [3.63, 3.8) is 0 Å². The number of halogens is 2. The van der Waals surface area contributed by atoms with Crippen molar-refractivity contribution in [1.82, 2.24) is 9.38 Å². The maximum absolute atomic E-state index is 5.95. The van der Waals surface area contributed by atoms with Gasteiger partial charge in [-0.2, -0.15) is 0 Å². The summed E-state index contributed by atoms with van der Waals surface area (Å²) in [6.07, 6.45) is 2.06. The summed E-state index contributed by atoms with van der Waals surface area (Å²) in [4.78, 5) is 4.62. The Morgan fingerprint density at radius 1 is 1.16 bits per heavy atom. The molecule has 3 rings (SSSR count). The van der Waals surface area contributed by atoms with Crippen molar-refractivity contribution < 1.29 is 0 Å². The molecule has 0 unspecified atom stereocenters. The van der Waals surface area contributed by atoms with Crippen molar-refractivity contribution in [1.29, 1.82) is 0 Å². The van der Waals surface area contributed by atoms with Crippen LogP contribution in [0.15, 0.2) is 41.0 Å². The molecule has 96 valence electrons. The Morgan fingerprint density at radius 3 is 2.53 bits per heavy atom. The monoisotopic (exact) mass is 334 g/mol. The largest absolute Gasteiger partial charge is 0.298 e. The highest BCUT2D eigenvalue weighted by Crippen LogP contribution is 2.28. The SMILES string of the molecule is Cc1cc2nc(C)c(-c3ccc(Cl)cc3)n2cc1Br. The highest BCUT2D eigenvalue weighted by atomic mass is 79.9. The summed E-state index contributed by atoms with van der Waals surface area (Å²) >= 11 is 9.52. The van der Waals surface area contributed by atoms with Crippen LogP contribution in [-0.4, -0.2) is 9.38 Å². The first-order valence-corrected chi connectivity index (χ1v) is 7.14. The molecule has 0 saturated carbocycles. The average Bonchev–Trinajstić information content (AvgIpc) is 2.67. The van der Waals surface area contributed by atoms with Crippen LogP contribution in [0.1, 0.15) is 11.3 Å². The van der Waals surface area contributed by atoms with Crippen molar-refractivity contribution >= 4 is 33.2 Å². The molecule has 3 aromatic rings. The number of hydrogen-bond donors (Lipinski definition) is 0. The lowest BCUT2D eigenvalue weighted by molar-refractivity contribution is 1.16. The van der Waals surface area contributed by atoms with Crippen LogP contribution in [0.3, 0.4) is 0 Å². The van der Waals surface area contributed by atoms with Gasteiger partial charge < -0.3 is 0 Å². The number of benzene rings is 1. The van der Waals surface area contributed by atoms with Gasteiger partial charge in [-0.25, -0.2) is 4.98 Å². The quantitative estimate of drug-likeness (QED) is 0.609. The van der Waals surface area contributed by atoms with Crippen molar-refractivity contribution in [2.45, 2.75) is 13.8 Å². The van der Waals surface area contributed by atoms with E-state index in [4.69, 9.17) is 11.6 Å². The number of aryl methyl sites for hydroxylation is 2. The van der Waals surface area contributed by atoms with Crippen LogP contribution in [0.5, 0.6) is 0 Å². The first-order chi connectivity index (χ1) is 9.06. The van der Waals surface area contributed by atoms with E-state index >= 15 is 0 Å². The van der Waals surface area contributed by atoms with Gasteiger partial charge in [0.05, 0.1) is 11.4 Å². The van der Waals surface area contributed by atoms with Gasteiger partial charge in [-0.15, -0.1) is 0 Å². The fourth-order valence-electron chi connectivity index (χ4n) is 2.23. The lowest BCUT2D eigenvalue weighted by Gasteiger charge is -2.05. The van der Waals surface area contributed by atoms with E-state index in [1.165, 1.54) is 5.56 Å². The fraction of sp³-hybridized carbons (Fsp3) is 0.133. The van der Waals surface area contributed by atoms with Crippen molar-refractivity contribution in [3.05, 3.63) is 57.3 Å². The molecule has 2 heterocycles. The summed E-state index contributed by atoms with van der Waals surface area (Å²) in [6, 6.07) is 9.92. The Labute approximate surface area is 125 Å². The zero-order valence-corrected chi connectivity index (χ0v) is 13.0. The predicted octanol–water partition coefficient (Wildman–Crippen LogP) is 5.03. The Hall–Kier alpha value is -1.32. The van der Waals surface area contributed by atoms with E-state index in [9.17, 15) is 0 Å². The molecular weight excluding hydrogens is 324 g/mol. The zero-order chi connectivity index (χ0) is 13.6. The van der Waals surface area contributed by atoms with Gasteiger partial charge >= 0.3 is 0 Å². The molecule has 2 aromatic heterocycles. The lowest BCUT2D eigenvalue weighted by Crippen LogP contribution is -1.91. The molecule has 0 amide bonds. The lowest BCUT2D eigenvalue weighted by atomic mass is 10.1. The Bertz CT molecular complexity index is 760. The molecule has 0 N–H and O–H groups in total. The Kier molecular flexibility index (Phi) is 3.11. The van der Waals surface area contributed by atoms with E-state index in [1.807, 2.05) is 31.2 Å². The van der Waals surface area contributed by atoms with Crippen molar-refractivity contribution in [2.75, 3.05) is 0 Å². The number of pyridine rings is 1. The predicted molar refractivity (Wildman–Crippen MR) is 82.8 cm³/mol. The molecule has 19 heavy (non-hydrogen) atoms.